The van der Waals surface area contributed by atoms with Gasteiger partial charge in [-0.25, -0.2) is 0 Å². The van der Waals surface area contributed by atoms with Gasteiger partial charge in [0.1, 0.15) is 0 Å². The maximum atomic E-state index is 2.67. The molecular formula is C60H48BNS. The van der Waals surface area contributed by atoms with E-state index in [0.717, 1.165) is 6.42 Å². The van der Waals surface area contributed by atoms with Crippen molar-refractivity contribution in [3.8, 4) is 55.6 Å². The smallest absolute Gasteiger partial charge is 0.249 e. The second-order valence-corrected chi connectivity index (χ2v) is 18.1. The molecule has 0 aromatic heterocycles. The molecule has 11 rings (SSSR count). The van der Waals surface area contributed by atoms with Crippen molar-refractivity contribution in [2.24, 2.45) is 0 Å². The summed E-state index contributed by atoms with van der Waals surface area (Å²) in [5.41, 5.74) is 21.4. The average Bonchev–Trinajstić information content (AvgIpc) is 3.36. The van der Waals surface area contributed by atoms with Gasteiger partial charge in [0.2, 0.25) is 6.71 Å². The summed E-state index contributed by atoms with van der Waals surface area (Å²) >= 11 is 1.96. The maximum Gasteiger partial charge on any atom is 0.249 e. The molecule has 9 aromatic rings. The molecule has 0 spiro atoms. The molecule has 0 bridgehead atoms. The fourth-order valence-corrected chi connectivity index (χ4v) is 11.1. The van der Waals surface area contributed by atoms with E-state index in [1.807, 2.05) is 11.8 Å². The summed E-state index contributed by atoms with van der Waals surface area (Å²) in [4.78, 5) is 5.38. The van der Waals surface area contributed by atoms with E-state index >= 15 is 0 Å². The third-order valence-corrected chi connectivity index (χ3v) is 14.1. The number of aryl methyl sites for hydroxylation is 1. The number of unbranched alkanes of at least 4 members (excludes halogenated alkanes) is 3. The second-order valence-electron chi connectivity index (χ2n) is 17.0. The van der Waals surface area contributed by atoms with Crippen molar-refractivity contribution < 1.29 is 0 Å². The van der Waals surface area contributed by atoms with Crippen molar-refractivity contribution in [1.29, 1.82) is 0 Å². The number of nitrogens with zero attached hydrogens (tertiary/aromatic N) is 1. The summed E-state index contributed by atoms with van der Waals surface area (Å²) in [7, 11) is 0. The molecule has 2 heterocycles. The topological polar surface area (TPSA) is 3.24 Å². The lowest BCUT2D eigenvalue weighted by Crippen LogP contribution is -2.60. The molecular weight excluding hydrogens is 778 g/mol. The monoisotopic (exact) mass is 825 g/mol. The Morgan fingerprint density at radius 2 is 0.905 bits per heavy atom. The predicted octanol–water partition coefficient (Wildman–Crippen LogP) is 14.9. The molecule has 3 heteroatoms. The van der Waals surface area contributed by atoms with E-state index < -0.39 is 0 Å². The van der Waals surface area contributed by atoms with Crippen molar-refractivity contribution in [2.45, 2.75) is 48.8 Å². The number of hydrogen-bond acceptors (Lipinski definition) is 2. The van der Waals surface area contributed by atoms with Crippen LogP contribution in [0.25, 0.3) is 55.6 Å². The average molecular weight is 826 g/mol. The Balaban J connectivity index is 1.24. The van der Waals surface area contributed by atoms with Gasteiger partial charge < -0.3 is 4.90 Å². The molecule has 63 heavy (non-hydrogen) atoms. The third-order valence-electron chi connectivity index (χ3n) is 13.0. The molecule has 2 aliphatic rings. The molecule has 0 radical (unpaired) electrons. The molecule has 0 saturated heterocycles. The van der Waals surface area contributed by atoms with Gasteiger partial charge in [0.15, 0.2) is 0 Å². The summed E-state index contributed by atoms with van der Waals surface area (Å²) in [5, 5.41) is 0. The third kappa shape index (κ3) is 7.41. The molecule has 302 valence electrons. The zero-order valence-corrected chi connectivity index (χ0v) is 36.5. The molecule has 1 nitrogen and oxygen atoms in total. The molecule has 0 amide bonds. The first-order chi connectivity index (χ1) is 31.2. The molecule has 0 saturated carbocycles. The summed E-state index contributed by atoms with van der Waals surface area (Å²) < 4.78 is 0. The number of benzene rings is 9. The van der Waals surface area contributed by atoms with Gasteiger partial charge in [-0.05, 0) is 110 Å². The normalized spacial score (nSPS) is 12.4. The Kier molecular flexibility index (Phi) is 10.6. The van der Waals surface area contributed by atoms with E-state index in [1.165, 1.54) is 130 Å². The van der Waals surface area contributed by atoms with Crippen LogP contribution >= 0.6 is 11.8 Å². The molecule has 9 aromatic carbocycles. The largest absolute Gasteiger partial charge is 0.310 e. The predicted molar refractivity (Wildman–Crippen MR) is 271 cm³/mol. The minimum absolute atomic E-state index is 0.0444. The lowest BCUT2D eigenvalue weighted by molar-refractivity contribution is 0.666. The van der Waals surface area contributed by atoms with Crippen molar-refractivity contribution in [2.75, 3.05) is 4.90 Å². The van der Waals surface area contributed by atoms with E-state index in [-0.39, 0.29) is 6.71 Å². The van der Waals surface area contributed by atoms with E-state index in [1.54, 1.807) is 0 Å². The summed E-state index contributed by atoms with van der Waals surface area (Å²) in [5.74, 6) is 0. The van der Waals surface area contributed by atoms with Gasteiger partial charge in [-0.2, -0.15) is 0 Å². The van der Waals surface area contributed by atoms with Gasteiger partial charge in [-0.15, -0.1) is 0 Å². The van der Waals surface area contributed by atoms with Crippen LogP contribution in [-0.2, 0) is 6.42 Å². The highest BCUT2D eigenvalue weighted by molar-refractivity contribution is 8.00. The first kappa shape index (κ1) is 39.1. The Morgan fingerprint density at radius 1 is 0.397 bits per heavy atom. The maximum absolute atomic E-state index is 2.67. The quantitative estimate of drug-likeness (QED) is 0.0944. The number of rotatable bonds is 11. The Labute approximate surface area is 377 Å². The first-order valence-corrected chi connectivity index (χ1v) is 23.4. The highest BCUT2D eigenvalue weighted by Crippen LogP contribution is 2.51. The Hall–Kier alpha value is -6.81. The van der Waals surface area contributed by atoms with Gasteiger partial charge in [0.05, 0.1) is 5.69 Å². The standard InChI is InChI=1S/C60H48BNS/c1-2-3-4-10-21-42-36-56-59-58(37-42)63-57-35-33-49(44-24-13-6-14-25-44)41-54(57)61(59)53-40-48(43-22-11-5-12-23-43)32-34-55(53)62(56)60-51(46-28-17-8-18-29-46)38-50(45-26-15-7-16-27-45)39-52(60)47-30-19-9-20-31-47/h5-9,11-20,22-41H,2-4,10,21H2,1H3. The van der Waals surface area contributed by atoms with Crippen LogP contribution < -0.4 is 21.3 Å². The summed E-state index contributed by atoms with van der Waals surface area (Å²) in [6.45, 7) is 2.35. The fourth-order valence-electron chi connectivity index (χ4n) is 9.92. The highest BCUT2D eigenvalue weighted by Gasteiger charge is 2.42. The van der Waals surface area contributed by atoms with Crippen LogP contribution in [0, 0.1) is 0 Å². The van der Waals surface area contributed by atoms with E-state index in [0.29, 0.717) is 0 Å². The molecule has 2 aliphatic heterocycles. The van der Waals surface area contributed by atoms with Gasteiger partial charge >= 0.3 is 0 Å². The van der Waals surface area contributed by atoms with Gasteiger partial charge in [0.25, 0.3) is 0 Å². The van der Waals surface area contributed by atoms with Crippen LogP contribution in [0.1, 0.15) is 38.2 Å². The first-order valence-electron chi connectivity index (χ1n) is 22.6. The van der Waals surface area contributed by atoms with Crippen LogP contribution in [0.4, 0.5) is 17.1 Å². The second kappa shape index (κ2) is 17.2. The van der Waals surface area contributed by atoms with Crippen LogP contribution in [0.3, 0.4) is 0 Å². The molecule has 0 fully saturated rings. The van der Waals surface area contributed by atoms with Crippen molar-refractivity contribution in [1.82, 2.24) is 0 Å². The zero-order valence-electron chi connectivity index (χ0n) is 35.7. The van der Waals surface area contributed by atoms with Gasteiger partial charge in [0, 0.05) is 32.3 Å². The SMILES string of the molecule is CCCCCCc1cc2c3c(c1)N(c1c(-c4ccccc4)cc(-c4ccccc4)cc1-c1ccccc1)c1ccc(-c4ccccc4)cc1B3c1cc(-c3ccccc3)ccc1S2. The number of fused-ring (bicyclic) bond motifs is 4. The number of anilines is 3. The lowest BCUT2D eigenvalue weighted by atomic mass is 9.34. The van der Waals surface area contributed by atoms with Gasteiger partial charge in [-0.3, -0.25) is 0 Å². The summed E-state index contributed by atoms with van der Waals surface area (Å²) in [6.07, 6.45) is 5.99. The Bertz CT molecular complexity index is 3000. The molecule has 0 unspecified atom stereocenters. The van der Waals surface area contributed by atoms with E-state index in [4.69, 9.17) is 0 Å². The molecule has 0 aliphatic carbocycles. The number of hydrogen-bond donors (Lipinski definition) is 0. The summed E-state index contributed by atoms with van der Waals surface area (Å²) in [6, 6.07) is 79.2. The van der Waals surface area contributed by atoms with Crippen molar-refractivity contribution >= 4 is 51.9 Å². The zero-order chi connectivity index (χ0) is 42.1. The minimum atomic E-state index is 0.0444. The molecule has 0 N–H and O–H groups in total. The van der Waals surface area contributed by atoms with Crippen LogP contribution in [-0.4, -0.2) is 6.71 Å². The van der Waals surface area contributed by atoms with Crippen molar-refractivity contribution in [3.05, 3.63) is 218 Å². The minimum Gasteiger partial charge on any atom is -0.310 e. The van der Waals surface area contributed by atoms with E-state index in [2.05, 4.69) is 224 Å². The van der Waals surface area contributed by atoms with Gasteiger partial charge in [-0.1, -0.05) is 219 Å². The van der Waals surface area contributed by atoms with Crippen LogP contribution in [0.5, 0.6) is 0 Å². The van der Waals surface area contributed by atoms with Crippen LogP contribution in [0.15, 0.2) is 222 Å². The van der Waals surface area contributed by atoms with Crippen molar-refractivity contribution in [3.63, 3.8) is 0 Å². The molecule has 0 atom stereocenters. The lowest BCUT2D eigenvalue weighted by Gasteiger charge is -2.42. The van der Waals surface area contributed by atoms with E-state index in [9.17, 15) is 0 Å². The Morgan fingerprint density at radius 3 is 1.46 bits per heavy atom. The fraction of sp³-hybridized carbons (Fsp3) is 0.100. The highest BCUT2D eigenvalue weighted by atomic mass is 32.2. The van der Waals surface area contributed by atoms with Crippen LogP contribution in [0.2, 0.25) is 0 Å².